The second-order valence-corrected chi connectivity index (χ2v) is 6.47. The van der Waals surface area contributed by atoms with Crippen molar-refractivity contribution in [3.05, 3.63) is 11.9 Å². The van der Waals surface area contributed by atoms with Crippen molar-refractivity contribution in [3.8, 4) is 0 Å². The molecule has 5 nitrogen and oxygen atoms in total. The number of hydrogen-bond donors (Lipinski definition) is 2. The molecule has 0 radical (unpaired) electrons. The van der Waals surface area contributed by atoms with Crippen molar-refractivity contribution in [2.24, 2.45) is 5.92 Å². The number of hydrogen-bond acceptors (Lipinski definition) is 3. The average molecular weight is 291 g/mol. The van der Waals surface area contributed by atoms with Crippen LogP contribution in [0.2, 0.25) is 0 Å². The van der Waals surface area contributed by atoms with Gasteiger partial charge in [0.05, 0.1) is 23.5 Å². The summed E-state index contributed by atoms with van der Waals surface area (Å²) in [6, 6.07) is 0.400. The minimum absolute atomic E-state index is 0.145. The van der Waals surface area contributed by atoms with Crippen LogP contribution in [0.1, 0.15) is 63.5 Å². The molecular weight excluding hydrogens is 266 g/mol. The lowest BCUT2D eigenvalue weighted by atomic mass is 9.86. The summed E-state index contributed by atoms with van der Waals surface area (Å²) >= 11 is 0. The standard InChI is InChI=1S/C16H25N3O2/c1-2-9-19-15(11-3-4-11)14(10-17-19)18-13-7-5-12(6-8-13)16(20)21/h10-13,18H,2-9H2,1H3,(H,20,21). The Kier molecular flexibility index (Phi) is 4.17. The maximum absolute atomic E-state index is 11.0. The normalized spacial score (nSPS) is 25.8. The minimum Gasteiger partial charge on any atom is -0.481 e. The van der Waals surface area contributed by atoms with Gasteiger partial charge >= 0.3 is 5.97 Å². The number of carbonyl (C=O) groups is 1. The molecule has 2 aliphatic rings. The molecule has 0 spiro atoms. The SMILES string of the molecule is CCCn1ncc(NC2CCC(C(=O)O)CC2)c1C1CC1. The lowest BCUT2D eigenvalue weighted by Crippen LogP contribution is -2.29. The Morgan fingerprint density at radius 1 is 1.33 bits per heavy atom. The summed E-state index contributed by atoms with van der Waals surface area (Å²) in [6.07, 6.45) is 9.08. The van der Waals surface area contributed by atoms with E-state index >= 15 is 0 Å². The van der Waals surface area contributed by atoms with Crippen molar-refractivity contribution in [1.29, 1.82) is 0 Å². The monoisotopic (exact) mass is 291 g/mol. The zero-order chi connectivity index (χ0) is 14.8. The third-order valence-corrected chi connectivity index (χ3v) is 4.72. The summed E-state index contributed by atoms with van der Waals surface area (Å²) in [6.45, 7) is 3.16. The van der Waals surface area contributed by atoms with Crippen LogP contribution in [-0.2, 0) is 11.3 Å². The van der Waals surface area contributed by atoms with Crippen molar-refractivity contribution in [2.75, 3.05) is 5.32 Å². The van der Waals surface area contributed by atoms with E-state index in [2.05, 4.69) is 22.0 Å². The number of nitrogens with zero attached hydrogens (tertiary/aromatic N) is 2. The highest BCUT2D eigenvalue weighted by Gasteiger charge is 2.32. The van der Waals surface area contributed by atoms with Gasteiger partial charge in [0, 0.05) is 18.5 Å². The second-order valence-electron chi connectivity index (χ2n) is 6.47. The third-order valence-electron chi connectivity index (χ3n) is 4.72. The quantitative estimate of drug-likeness (QED) is 0.844. The molecule has 0 aliphatic heterocycles. The molecule has 2 fully saturated rings. The highest BCUT2D eigenvalue weighted by Crippen LogP contribution is 2.44. The van der Waals surface area contributed by atoms with E-state index in [1.54, 1.807) is 0 Å². The van der Waals surface area contributed by atoms with E-state index in [4.69, 9.17) is 5.11 Å². The molecule has 0 unspecified atom stereocenters. The van der Waals surface area contributed by atoms with E-state index in [0.717, 1.165) is 38.6 Å². The van der Waals surface area contributed by atoms with E-state index in [0.29, 0.717) is 12.0 Å². The predicted molar refractivity (Wildman–Crippen MR) is 81.5 cm³/mol. The smallest absolute Gasteiger partial charge is 0.306 e. The molecular formula is C16H25N3O2. The Hall–Kier alpha value is -1.52. The molecule has 0 saturated heterocycles. The van der Waals surface area contributed by atoms with E-state index in [-0.39, 0.29) is 5.92 Å². The molecule has 2 aliphatic carbocycles. The van der Waals surface area contributed by atoms with Gasteiger partial charge in [0.15, 0.2) is 0 Å². The van der Waals surface area contributed by atoms with Crippen LogP contribution < -0.4 is 5.32 Å². The second kappa shape index (κ2) is 6.08. The molecule has 1 heterocycles. The van der Waals surface area contributed by atoms with Crippen LogP contribution in [0.3, 0.4) is 0 Å². The minimum atomic E-state index is -0.636. The van der Waals surface area contributed by atoms with Crippen LogP contribution in [0.5, 0.6) is 0 Å². The van der Waals surface area contributed by atoms with Gasteiger partial charge in [-0.1, -0.05) is 6.92 Å². The fourth-order valence-electron chi connectivity index (χ4n) is 3.39. The Morgan fingerprint density at radius 3 is 2.62 bits per heavy atom. The van der Waals surface area contributed by atoms with E-state index < -0.39 is 5.97 Å². The Labute approximate surface area is 125 Å². The molecule has 1 aromatic heterocycles. The zero-order valence-corrected chi connectivity index (χ0v) is 12.7. The first-order valence-corrected chi connectivity index (χ1v) is 8.24. The topological polar surface area (TPSA) is 67.2 Å². The van der Waals surface area contributed by atoms with Gasteiger partial charge in [-0.25, -0.2) is 0 Å². The predicted octanol–water partition coefficient (Wildman–Crippen LogP) is 3.23. The van der Waals surface area contributed by atoms with Gasteiger partial charge in [-0.3, -0.25) is 9.48 Å². The van der Waals surface area contributed by atoms with Crippen LogP contribution in [0.4, 0.5) is 5.69 Å². The number of aromatic nitrogens is 2. The zero-order valence-electron chi connectivity index (χ0n) is 12.7. The van der Waals surface area contributed by atoms with Crippen LogP contribution in [0.25, 0.3) is 0 Å². The summed E-state index contributed by atoms with van der Waals surface area (Å²) in [7, 11) is 0. The fraction of sp³-hybridized carbons (Fsp3) is 0.750. The van der Waals surface area contributed by atoms with E-state index in [1.165, 1.54) is 24.2 Å². The van der Waals surface area contributed by atoms with Gasteiger partial charge < -0.3 is 10.4 Å². The number of anilines is 1. The van der Waals surface area contributed by atoms with Gasteiger partial charge in [0.25, 0.3) is 0 Å². The first-order chi connectivity index (χ1) is 10.2. The number of rotatable bonds is 6. The molecule has 0 aromatic carbocycles. The van der Waals surface area contributed by atoms with Crippen LogP contribution in [-0.4, -0.2) is 26.9 Å². The molecule has 5 heteroatoms. The molecule has 2 saturated carbocycles. The molecule has 0 atom stereocenters. The van der Waals surface area contributed by atoms with Crippen molar-refractivity contribution < 1.29 is 9.90 Å². The number of aryl methyl sites for hydroxylation is 1. The Balaban J connectivity index is 1.64. The van der Waals surface area contributed by atoms with Gasteiger partial charge in [-0.05, 0) is 44.9 Å². The summed E-state index contributed by atoms with van der Waals surface area (Å²) in [5.41, 5.74) is 2.56. The van der Waals surface area contributed by atoms with Crippen LogP contribution >= 0.6 is 0 Å². The first-order valence-electron chi connectivity index (χ1n) is 8.24. The lowest BCUT2D eigenvalue weighted by molar-refractivity contribution is -0.142. The van der Waals surface area contributed by atoms with Crippen molar-refractivity contribution in [2.45, 2.75) is 70.4 Å². The summed E-state index contributed by atoms with van der Waals surface area (Å²) in [4.78, 5) is 11.0. The molecule has 116 valence electrons. The molecule has 0 bridgehead atoms. The number of carboxylic acid groups (broad SMARTS) is 1. The van der Waals surface area contributed by atoms with E-state index in [9.17, 15) is 4.79 Å². The fourth-order valence-corrected chi connectivity index (χ4v) is 3.39. The molecule has 2 N–H and O–H groups in total. The summed E-state index contributed by atoms with van der Waals surface area (Å²) in [5, 5.41) is 17.2. The first kappa shape index (κ1) is 14.4. The van der Waals surface area contributed by atoms with Crippen molar-refractivity contribution in [3.63, 3.8) is 0 Å². The molecule has 21 heavy (non-hydrogen) atoms. The lowest BCUT2D eigenvalue weighted by Gasteiger charge is -2.27. The van der Waals surface area contributed by atoms with Crippen LogP contribution in [0.15, 0.2) is 6.20 Å². The third kappa shape index (κ3) is 3.22. The van der Waals surface area contributed by atoms with Crippen molar-refractivity contribution in [1.82, 2.24) is 9.78 Å². The molecule has 0 amide bonds. The highest BCUT2D eigenvalue weighted by atomic mass is 16.4. The largest absolute Gasteiger partial charge is 0.481 e. The number of aliphatic carboxylic acids is 1. The van der Waals surface area contributed by atoms with Crippen LogP contribution in [0, 0.1) is 5.92 Å². The van der Waals surface area contributed by atoms with Gasteiger partial charge in [-0.2, -0.15) is 5.10 Å². The highest BCUT2D eigenvalue weighted by molar-refractivity contribution is 5.70. The Bertz CT molecular complexity index is 500. The Morgan fingerprint density at radius 2 is 2.05 bits per heavy atom. The maximum Gasteiger partial charge on any atom is 0.306 e. The number of nitrogens with one attached hydrogen (secondary N) is 1. The van der Waals surface area contributed by atoms with Gasteiger partial charge in [0.2, 0.25) is 0 Å². The number of carboxylic acids is 1. The molecule has 3 rings (SSSR count). The van der Waals surface area contributed by atoms with Crippen molar-refractivity contribution >= 4 is 11.7 Å². The maximum atomic E-state index is 11.0. The average Bonchev–Trinajstić information content (AvgIpc) is 3.23. The summed E-state index contributed by atoms with van der Waals surface area (Å²) in [5.74, 6) is -0.103. The summed E-state index contributed by atoms with van der Waals surface area (Å²) < 4.78 is 2.16. The molecule has 1 aromatic rings. The van der Waals surface area contributed by atoms with Gasteiger partial charge in [0.1, 0.15) is 0 Å². The van der Waals surface area contributed by atoms with Gasteiger partial charge in [-0.15, -0.1) is 0 Å². The van der Waals surface area contributed by atoms with E-state index in [1.807, 2.05) is 6.20 Å².